The van der Waals surface area contributed by atoms with Gasteiger partial charge in [0.25, 0.3) is 0 Å². The molecule has 0 spiro atoms. The van der Waals surface area contributed by atoms with Crippen molar-refractivity contribution in [1.29, 1.82) is 0 Å². The van der Waals surface area contributed by atoms with E-state index in [1.165, 1.54) is 0 Å². The van der Waals surface area contributed by atoms with Crippen LogP contribution >= 0.6 is 0 Å². The van der Waals surface area contributed by atoms with E-state index in [0.29, 0.717) is 0 Å². The molecule has 0 radical (unpaired) electrons. The molecule has 0 saturated carbocycles. The van der Waals surface area contributed by atoms with Crippen LogP contribution in [-0.2, 0) is 9.53 Å². The maximum atomic E-state index is 10.8. The Kier molecular flexibility index (Phi) is 8.33. The van der Waals surface area contributed by atoms with Gasteiger partial charge in [-0.3, -0.25) is 4.79 Å². The van der Waals surface area contributed by atoms with Gasteiger partial charge in [-0.2, -0.15) is 0 Å². The van der Waals surface area contributed by atoms with Crippen molar-refractivity contribution in [3.8, 4) is 0 Å². The van der Waals surface area contributed by atoms with E-state index in [4.69, 9.17) is 9.84 Å². The third-order valence-electron chi connectivity index (χ3n) is 0.783. The lowest BCUT2D eigenvalue weighted by Gasteiger charge is -2.19. The second kappa shape index (κ2) is 7.84. The maximum absolute atomic E-state index is 10.8. The van der Waals surface area contributed by atoms with Gasteiger partial charge in [-0.25, -0.2) is 4.79 Å². The van der Waals surface area contributed by atoms with Gasteiger partial charge in [0.15, 0.2) is 0 Å². The van der Waals surface area contributed by atoms with Gasteiger partial charge in [-0.15, -0.1) is 6.58 Å². The highest BCUT2D eigenvalue weighted by atomic mass is 16.6. The fraction of sp³-hybridized carbons (Fsp3) is 0.600. The minimum atomic E-state index is -1.10. The SMILES string of the molecule is C=CC.CC(C)(C)OC(=O)NCC(=O)O. The van der Waals surface area contributed by atoms with Crippen LogP contribution in [0.1, 0.15) is 27.7 Å². The third kappa shape index (κ3) is 19.1. The summed E-state index contributed by atoms with van der Waals surface area (Å²) >= 11 is 0. The lowest BCUT2D eigenvalue weighted by atomic mass is 10.2. The number of rotatable bonds is 2. The first kappa shape index (κ1) is 15.9. The minimum absolute atomic E-state index is 0.422. The first-order valence-electron chi connectivity index (χ1n) is 4.48. The van der Waals surface area contributed by atoms with Gasteiger partial charge in [-0.05, 0) is 27.7 Å². The predicted octanol–water partition coefficient (Wildman–Crippen LogP) is 1.79. The number of ether oxygens (including phenoxy) is 1. The first-order chi connectivity index (χ1) is 6.72. The Balaban J connectivity index is 0. The van der Waals surface area contributed by atoms with Crippen molar-refractivity contribution in [2.45, 2.75) is 33.3 Å². The van der Waals surface area contributed by atoms with Crippen LogP contribution in [0.3, 0.4) is 0 Å². The van der Waals surface area contributed by atoms with E-state index in [0.717, 1.165) is 0 Å². The summed E-state index contributed by atoms with van der Waals surface area (Å²) in [6.45, 7) is 9.93. The highest BCUT2D eigenvalue weighted by molar-refractivity contribution is 5.76. The van der Waals surface area contributed by atoms with Gasteiger partial charge in [0, 0.05) is 0 Å². The van der Waals surface area contributed by atoms with E-state index in [9.17, 15) is 9.59 Å². The van der Waals surface area contributed by atoms with Crippen molar-refractivity contribution in [1.82, 2.24) is 5.32 Å². The van der Waals surface area contributed by atoms with Crippen LogP contribution in [0.15, 0.2) is 12.7 Å². The molecule has 88 valence electrons. The van der Waals surface area contributed by atoms with Crippen LogP contribution in [0.4, 0.5) is 4.79 Å². The number of hydrogen-bond acceptors (Lipinski definition) is 3. The van der Waals surface area contributed by atoms with Gasteiger partial charge in [0.1, 0.15) is 12.1 Å². The third-order valence-corrected chi connectivity index (χ3v) is 0.783. The molecule has 0 aliphatic carbocycles. The average molecular weight is 217 g/mol. The van der Waals surface area contributed by atoms with E-state index in [-0.39, 0.29) is 0 Å². The Morgan fingerprint density at radius 2 is 1.87 bits per heavy atom. The second-order valence-electron chi connectivity index (χ2n) is 3.66. The molecule has 0 bridgehead atoms. The van der Waals surface area contributed by atoms with Gasteiger partial charge in [0.2, 0.25) is 0 Å². The van der Waals surface area contributed by atoms with Gasteiger partial charge in [0.05, 0.1) is 0 Å². The number of alkyl carbamates (subject to hydrolysis) is 1. The number of carbonyl (C=O) groups is 2. The smallest absolute Gasteiger partial charge is 0.408 e. The molecule has 1 amide bonds. The van der Waals surface area contributed by atoms with Crippen molar-refractivity contribution >= 4 is 12.1 Å². The van der Waals surface area contributed by atoms with Crippen molar-refractivity contribution in [2.24, 2.45) is 0 Å². The molecule has 0 saturated heterocycles. The molecule has 0 rings (SSSR count). The summed E-state index contributed by atoms with van der Waals surface area (Å²) in [7, 11) is 0. The van der Waals surface area contributed by atoms with Crippen LogP contribution in [0, 0.1) is 0 Å². The molecule has 0 aliphatic heterocycles. The molecule has 5 heteroatoms. The lowest BCUT2D eigenvalue weighted by Crippen LogP contribution is -2.35. The average Bonchev–Trinajstić information content (AvgIpc) is 1.99. The highest BCUT2D eigenvalue weighted by Gasteiger charge is 2.15. The number of allylic oxidation sites excluding steroid dienone is 1. The number of carbonyl (C=O) groups excluding carboxylic acids is 1. The van der Waals surface area contributed by atoms with Crippen LogP contribution in [0.25, 0.3) is 0 Å². The summed E-state index contributed by atoms with van der Waals surface area (Å²) in [6, 6.07) is 0. The molecule has 0 atom stereocenters. The molecule has 2 N–H and O–H groups in total. The summed E-state index contributed by atoms with van der Waals surface area (Å²) < 4.78 is 4.77. The Labute approximate surface area is 90.1 Å². The Morgan fingerprint density at radius 3 is 2.13 bits per heavy atom. The number of nitrogens with one attached hydrogen (secondary N) is 1. The summed E-state index contributed by atoms with van der Waals surface area (Å²) in [5.41, 5.74) is -0.595. The zero-order valence-corrected chi connectivity index (χ0v) is 9.66. The fourth-order valence-corrected chi connectivity index (χ4v) is 0.462. The maximum Gasteiger partial charge on any atom is 0.408 e. The molecule has 0 unspecified atom stereocenters. The second-order valence-corrected chi connectivity index (χ2v) is 3.66. The highest BCUT2D eigenvalue weighted by Crippen LogP contribution is 2.05. The minimum Gasteiger partial charge on any atom is -0.480 e. The molecule has 0 aromatic rings. The van der Waals surface area contributed by atoms with Crippen LogP contribution in [0.2, 0.25) is 0 Å². The number of aliphatic carboxylic acids is 1. The molecular weight excluding hydrogens is 198 g/mol. The van der Waals surface area contributed by atoms with E-state index in [2.05, 4.69) is 11.9 Å². The molecule has 0 heterocycles. The zero-order valence-electron chi connectivity index (χ0n) is 9.66. The Morgan fingerprint density at radius 1 is 1.47 bits per heavy atom. The standard InChI is InChI=1S/C7H13NO4.C3H6/c1-7(2,3)12-6(11)8-4-5(9)10;1-3-2/h4H2,1-3H3,(H,8,11)(H,9,10);3H,1H2,2H3. The topological polar surface area (TPSA) is 75.6 Å². The molecule has 0 aliphatic rings. The molecule has 15 heavy (non-hydrogen) atoms. The van der Waals surface area contributed by atoms with Gasteiger partial charge >= 0.3 is 12.1 Å². The van der Waals surface area contributed by atoms with Crippen molar-refractivity contribution in [3.05, 3.63) is 12.7 Å². The number of carboxylic acid groups (broad SMARTS) is 1. The number of hydrogen-bond donors (Lipinski definition) is 2. The van der Waals surface area contributed by atoms with E-state index >= 15 is 0 Å². The number of carboxylic acids is 1. The number of amides is 1. The van der Waals surface area contributed by atoms with E-state index in [1.54, 1.807) is 26.8 Å². The van der Waals surface area contributed by atoms with Crippen LogP contribution in [-0.4, -0.2) is 29.3 Å². The van der Waals surface area contributed by atoms with Gasteiger partial charge in [-0.1, -0.05) is 6.08 Å². The summed E-state index contributed by atoms with van der Waals surface area (Å²) in [6.07, 6.45) is 1.03. The zero-order chi connectivity index (χ0) is 12.5. The van der Waals surface area contributed by atoms with Crippen LogP contribution in [0.5, 0.6) is 0 Å². The lowest BCUT2D eigenvalue weighted by molar-refractivity contribution is -0.136. The quantitative estimate of drug-likeness (QED) is 0.691. The summed E-state index contributed by atoms with van der Waals surface area (Å²) in [5.74, 6) is -1.10. The van der Waals surface area contributed by atoms with Crippen LogP contribution < -0.4 is 5.32 Å². The molecule has 5 nitrogen and oxygen atoms in total. The summed E-state index contributed by atoms with van der Waals surface area (Å²) in [4.78, 5) is 20.8. The van der Waals surface area contributed by atoms with E-state index < -0.39 is 24.2 Å². The van der Waals surface area contributed by atoms with Gasteiger partial charge < -0.3 is 15.2 Å². The molecular formula is C10H19NO4. The molecule has 0 aromatic heterocycles. The van der Waals surface area contributed by atoms with Crippen molar-refractivity contribution in [3.63, 3.8) is 0 Å². The Bertz CT molecular complexity index is 218. The molecule has 0 aromatic carbocycles. The van der Waals surface area contributed by atoms with Crippen molar-refractivity contribution < 1.29 is 19.4 Å². The largest absolute Gasteiger partial charge is 0.480 e. The first-order valence-corrected chi connectivity index (χ1v) is 4.48. The predicted molar refractivity (Wildman–Crippen MR) is 57.7 cm³/mol. The normalized spacial score (nSPS) is 9.33. The molecule has 0 fully saturated rings. The van der Waals surface area contributed by atoms with E-state index in [1.807, 2.05) is 6.92 Å². The Hall–Kier alpha value is -1.52. The monoisotopic (exact) mass is 217 g/mol. The summed E-state index contributed by atoms with van der Waals surface area (Å²) in [5, 5.41) is 10.3. The fourth-order valence-electron chi connectivity index (χ4n) is 0.462. The van der Waals surface area contributed by atoms with Crippen molar-refractivity contribution in [2.75, 3.05) is 6.54 Å².